The predicted octanol–water partition coefficient (Wildman–Crippen LogP) is 2.95. The van der Waals surface area contributed by atoms with Gasteiger partial charge in [-0.1, -0.05) is 23.2 Å². The Morgan fingerprint density at radius 2 is 2.23 bits per heavy atom. The Morgan fingerprint density at radius 3 is 2.96 bits per heavy atom. The SMILES string of the molecule is C[C@@H]1Cc2c(nn(C)c2C(=O)NCCOc2ncc(Cl)cc2Cl)[C@H](C)O1. The number of hydrogen-bond acceptors (Lipinski definition) is 5. The summed E-state index contributed by atoms with van der Waals surface area (Å²) in [5.41, 5.74) is 2.33. The Hall–Kier alpha value is -1.83. The topological polar surface area (TPSA) is 78.3 Å². The minimum Gasteiger partial charge on any atom is -0.475 e. The summed E-state index contributed by atoms with van der Waals surface area (Å²) >= 11 is 11.8. The van der Waals surface area contributed by atoms with Gasteiger partial charge in [0.15, 0.2) is 0 Å². The van der Waals surface area contributed by atoms with Crippen molar-refractivity contribution >= 4 is 29.1 Å². The van der Waals surface area contributed by atoms with Gasteiger partial charge in [0.1, 0.15) is 17.3 Å². The summed E-state index contributed by atoms with van der Waals surface area (Å²) in [6.07, 6.45) is 2.04. The molecule has 0 saturated carbocycles. The highest BCUT2D eigenvalue weighted by Gasteiger charge is 2.31. The highest BCUT2D eigenvalue weighted by Crippen LogP contribution is 2.31. The number of fused-ring (bicyclic) bond motifs is 1. The molecule has 2 atom stereocenters. The van der Waals surface area contributed by atoms with E-state index in [1.54, 1.807) is 17.8 Å². The first-order valence-corrected chi connectivity index (χ1v) is 9.05. The van der Waals surface area contributed by atoms with Crippen molar-refractivity contribution < 1.29 is 14.3 Å². The molecule has 7 nitrogen and oxygen atoms in total. The van der Waals surface area contributed by atoms with Crippen LogP contribution in [0.4, 0.5) is 0 Å². The molecule has 9 heteroatoms. The summed E-state index contributed by atoms with van der Waals surface area (Å²) in [6, 6.07) is 1.55. The summed E-state index contributed by atoms with van der Waals surface area (Å²) in [7, 11) is 1.76. The number of halogens is 2. The summed E-state index contributed by atoms with van der Waals surface area (Å²) in [4.78, 5) is 16.6. The summed E-state index contributed by atoms with van der Waals surface area (Å²) < 4.78 is 12.9. The lowest BCUT2D eigenvalue weighted by Crippen LogP contribution is -2.31. The van der Waals surface area contributed by atoms with E-state index >= 15 is 0 Å². The Labute approximate surface area is 161 Å². The van der Waals surface area contributed by atoms with Crippen LogP contribution in [-0.2, 0) is 18.2 Å². The number of nitrogens with one attached hydrogen (secondary N) is 1. The van der Waals surface area contributed by atoms with E-state index < -0.39 is 0 Å². The van der Waals surface area contributed by atoms with Gasteiger partial charge in [-0.2, -0.15) is 5.10 Å². The van der Waals surface area contributed by atoms with Crippen molar-refractivity contribution in [3.05, 3.63) is 39.3 Å². The lowest BCUT2D eigenvalue weighted by Gasteiger charge is -2.24. The summed E-state index contributed by atoms with van der Waals surface area (Å²) in [5, 5.41) is 8.05. The van der Waals surface area contributed by atoms with Crippen LogP contribution in [-0.4, -0.2) is 39.9 Å². The van der Waals surface area contributed by atoms with Gasteiger partial charge >= 0.3 is 0 Å². The van der Waals surface area contributed by atoms with E-state index in [2.05, 4.69) is 15.4 Å². The van der Waals surface area contributed by atoms with Crippen LogP contribution < -0.4 is 10.1 Å². The van der Waals surface area contributed by atoms with Crippen LogP contribution in [0.5, 0.6) is 5.88 Å². The van der Waals surface area contributed by atoms with Crippen molar-refractivity contribution in [3.8, 4) is 5.88 Å². The first-order chi connectivity index (χ1) is 12.4. The van der Waals surface area contributed by atoms with E-state index in [0.717, 1.165) is 11.3 Å². The quantitative estimate of drug-likeness (QED) is 0.783. The molecule has 0 aliphatic carbocycles. The molecule has 2 aromatic heterocycles. The molecule has 0 saturated heterocycles. The monoisotopic (exact) mass is 398 g/mol. The third-order valence-corrected chi connectivity index (χ3v) is 4.58. The number of pyridine rings is 1. The fourth-order valence-electron chi connectivity index (χ4n) is 3.05. The first kappa shape index (κ1) is 18.9. The maximum atomic E-state index is 12.6. The van der Waals surface area contributed by atoms with Crippen LogP contribution in [0.2, 0.25) is 10.0 Å². The first-order valence-electron chi connectivity index (χ1n) is 8.30. The average molecular weight is 399 g/mol. The second-order valence-electron chi connectivity index (χ2n) is 6.17. The maximum absolute atomic E-state index is 12.6. The van der Waals surface area contributed by atoms with Gasteiger partial charge in [-0.25, -0.2) is 4.98 Å². The molecule has 26 heavy (non-hydrogen) atoms. The standard InChI is InChI=1S/C17H20Cl2N4O3/c1-9-6-12-14(10(2)26-9)22-23(3)15(12)16(24)20-4-5-25-17-13(19)7-11(18)8-21-17/h7-10H,4-6H2,1-3H3,(H,20,24)/t9-,10+/m1/s1. The number of amides is 1. The van der Waals surface area contributed by atoms with Gasteiger partial charge < -0.3 is 14.8 Å². The van der Waals surface area contributed by atoms with Gasteiger partial charge in [-0.05, 0) is 19.9 Å². The largest absolute Gasteiger partial charge is 0.475 e. The predicted molar refractivity (Wildman–Crippen MR) is 98.0 cm³/mol. The zero-order valence-corrected chi connectivity index (χ0v) is 16.3. The Bertz CT molecular complexity index is 825. The van der Waals surface area contributed by atoms with Crippen LogP contribution in [0.15, 0.2) is 12.3 Å². The molecule has 140 valence electrons. The summed E-state index contributed by atoms with van der Waals surface area (Å²) in [6.45, 7) is 4.47. The third kappa shape index (κ3) is 3.95. The molecule has 0 bridgehead atoms. The van der Waals surface area contributed by atoms with Crippen molar-refractivity contribution in [1.82, 2.24) is 20.1 Å². The molecule has 1 amide bonds. The van der Waals surface area contributed by atoms with Crippen molar-refractivity contribution in [3.63, 3.8) is 0 Å². The minimum atomic E-state index is -0.193. The number of carbonyl (C=O) groups is 1. The molecule has 0 fully saturated rings. The van der Waals surface area contributed by atoms with Crippen LogP contribution >= 0.6 is 23.2 Å². The Balaban J connectivity index is 1.61. The molecular weight excluding hydrogens is 379 g/mol. The van der Waals surface area contributed by atoms with Gasteiger partial charge in [0, 0.05) is 25.2 Å². The lowest BCUT2D eigenvalue weighted by atomic mass is 9.99. The second-order valence-corrected chi connectivity index (χ2v) is 7.02. The number of aromatic nitrogens is 3. The minimum absolute atomic E-state index is 0.0507. The molecule has 0 unspecified atom stereocenters. The van der Waals surface area contributed by atoms with Gasteiger partial charge in [-0.3, -0.25) is 9.48 Å². The number of hydrogen-bond donors (Lipinski definition) is 1. The van der Waals surface area contributed by atoms with E-state index in [4.69, 9.17) is 32.7 Å². The van der Waals surface area contributed by atoms with Crippen LogP contribution in [0.25, 0.3) is 0 Å². The van der Waals surface area contributed by atoms with Crippen LogP contribution in [0, 0.1) is 0 Å². The molecule has 1 aliphatic rings. The van der Waals surface area contributed by atoms with E-state index in [0.29, 0.717) is 28.7 Å². The normalized spacial score (nSPS) is 19.1. The maximum Gasteiger partial charge on any atom is 0.269 e. The zero-order valence-electron chi connectivity index (χ0n) is 14.8. The van der Waals surface area contributed by atoms with E-state index in [-0.39, 0.29) is 30.6 Å². The van der Waals surface area contributed by atoms with Crippen LogP contribution in [0.3, 0.4) is 0 Å². The third-order valence-electron chi connectivity index (χ3n) is 4.10. The van der Waals surface area contributed by atoms with Crippen molar-refractivity contribution in [2.75, 3.05) is 13.2 Å². The molecule has 2 aromatic rings. The molecular formula is C17H20Cl2N4O3. The van der Waals surface area contributed by atoms with Gasteiger partial charge in [-0.15, -0.1) is 0 Å². The Kier molecular flexibility index (Phi) is 5.70. The number of nitrogens with zero attached hydrogens (tertiary/aromatic N) is 3. The van der Waals surface area contributed by atoms with Crippen LogP contribution in [0.1, 0.15) is 41.7 Å². The zero-order chi connectivity index (χ0) is 18.8. The smallest absolute Gasteiger partial charge is 0.269 e. The van der Waals surface area contributed by atoms with E-state index in [9.17, 15) is 4.79 Å². The van der Waals surface area contributed by atoms with E-state index in [1.807, 2.05) is 13.8 Å². The van der Waals surface area contributed by atoms with Crippen molar-refractivity contribution in [2.24, 2.45) is 7.05 Å². The van der Waals surface area contributed by atoms with Gasteiger partial charge in [0.05, 0.1) is 29.5 Å². The fourth-order valence-corrected chi connectivity index (χ4v) is 3.49. The lowest BCUT2D eigenvalue weighted by molar-refractivity contribution is -0.00710. The Morgan fingerprint density at radius 1 is 1.46 bits per heavy atom. The number of rotatable bonds is 5. The second kappa shape index (κ2) is 7.82. The highest BCUT2D eigenvalue weighted by atomic mass is 35.5. The average Bonchev–Trinajstić information content (AvgIpc) is 2.89. The molecule has 1 aliphatic heterocycles. The molecule has 0 radical (unpaired) electrons. The van der Waals surface area contributed by atoms with E-state index in [1.165, 1.54) is 6.20 Å². The molecule has 0 aromatic carbocycles. The van der Waals surface area contributed by atoms with Crippen molar-refractivity contribution in [2.45, 2.75) is 32.5 Å². The molecule has 0 spiro atoms. The molecule has 3 heterocycles. The number of ether oxygens (including phenoxy) is 2. The summed E-state index contributed by atoms with van der Waals surface area (Å²) in [5.74, 6) is 0.0874. The van der Waals surface area contributed by atoms with Gasteiger partial charge in [0.2, 0.25) is 5.88 Å². The van der Waals surface area contributed by atoms with Crippen molar-refractivity contribution in [1.29, 1.82) is 0 Å². The number of aryl methyl sites for hydroxylation is 1. The number of carbonyl (C=O) groups excluding carboxylic acids is 1. The fraction of sp³-hybridized carbons (Fsp3) is 0.471. The highest BCUT2D eigenvalue weighted by molar-refractivity contribution is 6.35. The molecule has 1 N–H and O–H groups in total. The van der Waals surface area contributed by atoms with Gasteiger partial charge in [0.25, 0.3) is 5.91 Å². The molecule has 3 rings (SSSR count).